The molecule has 0 bridgehead atoms. The molecular weight excluding hydrogens is 304 g/mol. The third-order valence-electron chi connectivity index (χ3n) is 3.18. The van der Waals surface area contributed by atoms with Crippen LogP contribution in [0.25, 0.3) is 0 Å². The second-order valence-corrected chi connectivity index (χ2v) is 6.84. The van der Waals surface area contributed by atoms with Gasteiger partial charge in [-0.2, -0.15) is 0 Å². The van der Waals surface area contributed by atoms with Gasteiger partial charge < -0.3 is 10.6 Å². The molecule has 1 atom stereocenters. The Hall–Kier alpha value is -1.52. The number of halogens is 1. The molecule has 1 aromatic heterocycles. The van der Waals surface area contributed by atoms with Gasteiger partial charge in [0, 0.05) is 40.0 Å². The van der Waals surface area contributed by atoms with Crippen LogP contribution in [-0.4, -0.2) is 19.0 Å². The Kier molecular flexibility index (Phi) is 5.26. The number of hydrogen-bond acceptors (Lipinski definition) is 3. The lowest BCUT2D eigenvalue weighted by atomic mass is 10.1. The number of carbonyl (C=O) groups is 1. The number of carbonyl (C=O) groups excluding carboxylic acids is 1. The van der Waals surface area contributed by atoms with Gasteiger partial charge in [0.05, 0.1) is 5.56 Å². The molecule has 0 fully saturated rings. The van der Waals surface area contributed by atoms with Gasteiger partial charge in [0.25, 0.3) is 5.91 Å². The zero-order chi connectivity index (χ0) is 15.4. The lowest BCUT2D eigenvalue weighted by Gasteiger charge is -2.15. The summed E-state index contributed by atoms with van der Waals surface area (Å²) in [5.74, 6) is -0.109. The summed E-state index contributed by atoms with van der Waals surface area (Å²) < 4.78 is 0. The van der Waals surface area contributed by atoms with Crippen LogP contribution in [0.2, 0.25) is 5.02 Å². The van der Waals surface area contributed by atoms with Crippen molar-refractivity contribution in [2.75, 3.05) is 12.4 Å². The Balaban J connectivity index is 2.05. The molecule has 0 aliphatic carbocycles. The van der Waals surface area contributed by atoms with Crippen molar-refractivity contribution in [2.45, 2.75) is 26.3 Å². The summed E-state index contributed by atoms with van der Waals surface area (Å²) in [5, 5.41) is 6.59. The molecule has 0 spiro atoms. The fourth-order valence-electron chi connectivity index (χ4n) is 2.17. The lowest BCUT2D eigenvalue weighted by Crippen LogP contribution is -2.34. The minimum absolute atomic E-state index is 0.0687. The maximum atomic E-state index is 12.4. The second-order valence-electron chi connectivity index (χ2n) is 5.03. The summed E-state index contributed by atoms with van der Waals surface area (Å²) in [5.41, 5.74) is 1.34. The highest BCUT2D eigenvalue weighted by atomic mass is 35.5. The monoisotopic (exact) mass is 322 g/mol. The van der Waals surface area contributed by atoms with Crippen LogP contribution in [0.4, 0.5) is 5.69 Å². The van der Waals surface area contributed by atoms with Crippen molar-refractivity contribution in [2.24, 2.45) is 0 Å². The average molecular weight is 323 g/mol. The number of nitrogens with one attached hydrogen (secondary N) is 2. The quantitative estimate of drug-likeness (QED) is 0.869. The van der Waals surface area contributed by atoms with Crippen LogP contribution in [0.5, 0.6) is 0 Å². The predicted octanol–water partition coefficient (Wildman–Crippen LogP) is 4.11. The fraction of sp³-hybridized carbons (Fsp3) is 0.312. The van der Waals surface area contributed by atoms with E-state index in [0.717, 1.165) is 12.1 Å². The zero-order valence-corrected chi connectivity index (χ0v) is 13.9. The van der Waals surface area contributed by atoms with Crippen molar-refractivity contribution in [1.82, 2.24) is 5.32 Å². The maximum Gasteiger partial charge on any atom is 0.253 e. The van der Waals surface area contributed by atoms with E-state index < -0.39 is 0 Å². The number of anilines is 1. The number of thiophene rings is 1. The van der Waals surface area contributed by atoms with Crippen LogP contribution < -0.4 is 10.6 Å². The van der Waals surface area contributed by atoms with E-state index in [1.54, 1.807) is 30.5 Å². The molecular formula is C16H19ClN2OS. The first-order chi connectivity index (χ1) is 9.99. The Morgan fingerprint density at radius 3 is 2.71 bits per heavy atom. The standard InChI is InChI=1S/C16H19ClN2OS/c1-10(8-13-6-4-11(2)21-13)19-16(20)14-9-12(17)5-7-15(14)18-3/h4-7,9-10,18H,8H2,1-3H3,(H,19,20). The van der Waals surface area contributed by atoms with Crippen molar-refractivity contribution in [1.29, 1.82) is 0 Å². The molecule has 2 rings (SSSR count). The second kappa shape index (κ2) is 6.96. The molecule has 2 N–H and O–H groups in total. The van der Waals surface area contributed by atoms with Gasteiger partial charge in [-0.1, -0.05) is 11.6 Å². The van der Waals surface area contributed by atoms with E-state index >= 15 is 0 Å². The fourth-order valence-corrected chi connectivity index (χ4v) is 3.36. The highest BCUT2D eigenvalue weighted by molar-refractivity contribution is 7.11. The van der Waals surface area contributed by atoms with Gasteiger partial charge in [-0.25, -0.2) is 0 Å². The third-order valence-corrected chi connectivity index (χ3v) is 4.43. The van der Waals surface area contributed by atoms with Crippen molar-refractivity contribution >= 4 is 34.5 Å². The number of aryl methyl sites for hydroxylation is 1. The zero-order valence-electron chi connectivity index (χ0n) is 12.4. The molecule has 0 aliphatic rings. The first-order valence-electron chi connectivity index (χ1n) is 6.83. The van der Waals surface area contributed by atoms with Crippen LogP contribution >= 0.6 is 22.9 Å². The van der Waals surface area contributed by atoms with Crippen molar-refractivity contribution in [3.05, 3.63) is 50.7 Å². The average Bonchev–Trinajstić information content (AvgIpc) is 2.83. The molecule has 1 unspecified atom stereocenters. The van der Waals surface area contributed by atoms with Crippen LogP contribution in [0.3, 0.4) is 0 Å². The van der Waals surface area contributed by atoms with Crippen molar-refractivity contribution in [3.63, 3.8) is 0 Å². The molecule has 1 amide bonds. The molecule has 2 aromatic rings. The number of amides is 1. The number of hydrogen-bond donors (Lipinski definition) is 2. The highest BCUT2D eigenvalue weighted by Gasteiger charge is 2.14. The van der Waals surface area contributed by atoms with Crippen LogP contribution in [0, 0.1) is 6.92 Å². The van der Waals surface area contributed by atoms with Gasteiger partial charge in [0.2, 0.25) is 0 Å². The number of benzene rings is 1. The molecule has 0 saturated carbocycles. The van der Waals surface area contributed by atoms with Crippen molar-refractivity contribution in [3.8, 4) is 0 Å². The topological polar surface area (TPSA) is 41.1 Å². The summed E-state index contributed by atoms with van der Waals surface area (Å²) in [6, 6.07) is 9.54. The van der Waals surface area contributed by atoms with E-state index in [-0.39, 0.29) is 11.9 Å². The summed E-state index contributed by atoms with van der Waals surface area (Å²) in [6.45, 7) is 4.10. The summed E-state index contributed by atoms with van der Waals surface area (Å²) in [6.07, 6.45) is 0.833. The van der Waals surface area contributed by atoms with Gasteiger partial charge in [-0.15, -0.1) is 11.3 Å². The van der Waals surface area contributed by atoms with Gasteiger partial charge in [-0.3, -0.25) is 4.79 Å². The first-order valence-corrected chi connectivity index (χ1v) is 8.02. The molecule has 1 aromatic carbocycles. The molecule has 0 saturated heterocycles. The summed E-state index contributed by atoms with van der Waals surface area (Å²) in [4.78, 5) is 14.9. The van der Waals surface area contributed by atoms with E-state index in [9.17, 15) is 4.79 Å². The third kappa shape index (κ3) is 4.22. The molecule has 0 radical (unpaired) electrons. The van der Waals surface area contributed by atoms with Crippen LogP contribution in [0.15, 0.2) is 30.3 Å². The van der Waals surface area contributed by atoms with Crippen LogP contribution in [0.1, 0.15) is 27.0 Å². The Bertz CT molecular complexity index is 639. The predicted molar refractivity (Wildman–Crippen MR) is 90.7 cm³/mol. The highest BCUT2D eigenvalue weighted by Crippen LogP contribution is 2.21. The Labute approximate surface area is 134 Å². The largest absolute Gasteiger partial charge is 0.387 e. The molecule has 1 heterocycles. The summed E-state index contributed by atoms with van der Waals surface area (Å²) in [7, 11) is 1.79. The Morgan fingerprint density at radius 2 is 2.10 bits per heavy atom. The normalized spacial score (nSPS) is 12.0. The van der Waals surface area contributed by atoms with E-state index in [2.05, 4.69) is 29.7 Å². The van der Waals surface area contributed by atoms with E-state index in [4.69, 9.17) is 11.6 Å². The van der Waals surface area contributed by atoms with Gasteiger partial charge in [0.15, 0.2) is 0 Å². The van der Waals surface area contributed by atoms with Gasteiger partial charge in [-0.05, 0) is 44.2 Å². The van der Waals surface area contributed by atoms with Crippen molar-refractivity contribution < 1.29 is 4.79 Å². The number of rotatable bonds is 5. The first kappa shape index (κ1) is 15.9. The van der Waals surface area contributed by atoms with E-state index in [1.165, 1.54) is 9.75 Å². The molecule has 5 heteroatoms. The van der Waals surface area contributed by atoms with Gasteiger partial charge >= 0.3 is 0 Å². The summed E-state index contributed by atoms with van der Waals surface area (Å²) >= 11 is 7.75. The smallest absolute Gasteiger partial charge is 0.253 e. The molecule has 112 valence electrons. The van der Waals surface area contributed by atoms with E-state index in [1.807, 2.05) is 13.0 Å². The Morgan fingerprint density at radius 1 is 1.33 bits per heavy atom. The molecule has 0 aliphatic heterocycles. The molecule has 3 nitrogen and oxygen atoms in total. The van der Waals surface area contributed by atoms with Gasteiger partial charge in [0.1, 0.15) is 0 Å². The molecule has 21 heavy (non-hydrogen) atoms. The maximum absolute atomic E-state index is 12.4. The lowest BCUT2D eigenvalue weighted by molar-refractivity contribution is 0.0941. The van der Waals surface area contributed by atoms with E-state index in [0.29, 0.717) is 10.6 Å². The SMILES string of the molecule is CNc1ccc(Cl)cc1C(=O)NC(C)Cc1ccc(C)s1. The van der Waals surface area contributed by atoms with Crippen LogP contribution in [-0.2, 0) is 6.42 Å². The minimum atomic E-state index is -0.109. The minimum Gasteiger partial charge on any atom is -0.387 e.